The van der Waals surface area contributed by atoms with Gasteiger partial charge in [0.1, 0.15) is 5.75 Å². The van der Waals surface area contributed by atoms with Gasteiger partial charge in [-0.05, 0) is 19.1 Å². The largest absolute Gasteiger partial charge is 0.493 e. The van der Waals surface area contributed by atoms with Crippen LogP contribution in [0.1, 0.15) is 12.5 Å². The number of nitrogens with zero attached hydrogens (tertiary/aromatic N) is 1. The summed E-state index contributed by atoms with van der Waals surface area (Å²) in [6, 6.07) is 5.38. The Morgan fingerprint density at radius 2 is 2.20 bits per heavy atom. The summed E-state index contributed by atoms with van der Waals surface area (Å²) in [6.07, 6.45) is 0. The van der Waals surface area contributed by atoms with Crippen molar-refractivity contribution in [3.05, 3.63) is 28.8 Å². The SMILES string of the molecule is CCOc1cc(Cl)ccc1CN=C(N)N. The number of guanidine groups is 1. The van der Waals surface area contributed by atoms with Gasteiger partial charge in [-0.3, -0.25) is 0 Å². The summed E-state index contributed by atoms with van der Waals surface area (Å²) < 4.78 is 5.41. The van der Waals surface area contributed by atoms with Gasteiger partial charge in [-0.25, -0.2) is 4.99 Å². The first kappa shape index (κ1) is 11.7. The highest BCUT2D eigenvalue weighted by atomic mass is 35.5. The van der Waals surface area contributed by atoms with Gasteiger partial charge in [0.05, 0.1) is 13.2 Å². The molecule has 0 bridgehead atoms. The summed E-state index contributed by atoms with van der Waals surface area (Å²) in [4.78, 5) is 3.92. The molecule has 0 fully saturated rings. The van der Waals surface area contributed by atoms with Crippen LogP contribution in [-0.2, 0) is 6.54 Å². The van der Waals surface area contributed by atoms with Crippen LogP contribution in [0.2, 0.25) is 5.02 Å². The van der Waals surface area contributed by atoms with Crippen LogP contribution < -0.4 is 16.2 Å². The number of halogens is 1. The number of nitrogens with two attached hydrogens (primary N) is 2. The number of rotatable bonds is 4. The lowest BCUT2D eigenvalue weighted by Crippen LogP contribution is -2.22. The van der Waals surface area contributed by atoms with Crippen molar-refractivity contribution in [2.75, 3.05) is 6.61 Å². The summed E-state index contributed by atoms with van der Waals surface area (Å²) in [6.45, 7) is 2.88. The first-order valence-corrected chi connectivity index (χ1v) is 4.98. The van der Waals surface area contributed by atoms with Crippen molar-refractivity contribution in [1.29, 1.82) is 0 Å². The molecule has 0 spiro atoms. The first-order valence-electron chi connectivity index (χ1n) is 4.60. The molecule has 0 amide bonds. The van der Waals surface area contributed by atoms with Gasteiger partial charge in [-0.2, -0.15) is 0 Å². The highest BCUT2D eigenvalue weighted by Crippen LogP contribution is 2.24. The maximum absolute atomic E-state index is 5.85. The predicted molar refractivity (Wildman–Crippen MR) is 62.1 cm³/mol. The fourth-order valence-corrected chi connectivity index (χ4v) is 1.29. The zero-order valence-corrected chi connectivity index (χ0v) is 9.29. The van der Waals surface area contributed by atoms with Crippen molar-refractivity contribution in [2.24, 2.45) is 16.5 Å². The summed E-state index contributed by atoms with van der Waals surface area (Å²) in [5.41, 5.74) is 11.4. The topological polar surface area (TPSA) is 73.6 Å². The van der Waals surface area contributed by atoms with Crippen LogP contribution in [0.5, 0.6) is 5.75 Å². The fourth-order valence-electron chi connectivity index (χ4n) is 1.13. The van der Waals surface area contributed by atoms with E-state index in [-0.39, 0.29) is 5.96 Å². The Hall–Kier alpha value is -1.42. The van der Waals surface area contributed by atoms with E-state index >= 15 is 0 Å². The molecule has 0 unspecified atom stereocenters. The van der Waals surface area contributed by atoms with E-state index in [0.29, 0.717) is 18.2 Å². The highest BCUT2D eigenvalue weighted by molar-refractivity contribution is 6.30. The molecule has 82 valence electrons. The molecule has 0 radical (unpaired) electrons. The maximum atomic E-state index is 5.85. The van der Waals surface area contributed by atoms with Crippen molar-refractivity contribution in [1.82, 2.24) is 0 Å². The van der Waals surface area contributed by atoms with Crippen molar-refractivity contribution in [2.45, 2.75) is 13.5 Å². The molecule has 1 rings (SSSR count). The average Bonchev–Trinajstić information content (AvgIpc) is 2.17. The lowest BCUT2D eigenvalue weighted by atomic mass is 10.2. The molecule has 4 nitrogen and oxygen atoms in total. The smallest absolute Gasteiger partial charge is 0.186 e. The number of hydrogen-bond acceptors (Lipinski definition) is 2. The summed E-state index contributed by atoms with van der Waals surface area (Å²) >= 11 is 5.85. The third-order valence-corrected chi connectivity index (χ3v) is 2.00. The van der Waals surface area contributed by atoms with Crippen molar-refractivity contribution in [3.63, 3.8) is 0 Å². The van der Waals surface area contributed by atoms with E-state index in [1.807, 2.05) is 13.0 Å². The molecule has 0 aromatic heterocycles. The number of ether oxygens (including phenoxy) is 1. The van der Waals surface area contributed by atoms with Gasteiger partial charge >= 0.3 is 0 Å². The first-order chi connectivity index (χ1) is 7.13. The Morgan fingerprint density at radius 3 is 2.80 bits per heavy atom. The number of aliphatic imine (C=N–C) groups is 1. The third-order valence-electron chi connectivity index (χ3n) is 1.76. The van der Waals surface area contributed by atoms with Gasteiger partial charge in [-0.15, -0.1) is 0 Å². The van der Waals surface area contributed by atoms with Gasteiger partial charge in [-0.1, -0.05) is 17.7 Å². The lowest BCUT2D eigenvalue weighted by molar-refractivity contribution is 0.336. The molecule has 5 heteroatoms. The molecular weight excluding hydrogens is 214 g/mol. The summed E-state index contributed by atoms with van der Waals surface area (Å²) in [5, 5.41) is 0.631. The standard InChI is InChI=1S/C10H14ClN3O/c1-2-15-9-5-8(11)4-3-7(9)6-14-10(12)13/h3-5H,2,6H2,1H3,(H4,12,13,14). The second kappa shape index (κ2) is 5.46. The molecule has 0 aliphatic heterocycles. The minimum absolute atomic E-state index is 0.0624. The van der Waals surface area contributed by atoms with Crippen LogP contribution in [-0.4, -0.2) is 12.6 Å². The monoisotopic (exact) mass is 227 g/mol. The second-order valence-corrected chi connectivity index (χ2v) is 3.36. The van der Waals surface area contributed by atoms with Crippen LogP contribution in [0.15, 0.2) is 23.2 Å². The van der Waals surface area contributed by atoms with E-state index in [4.69, 9.17) is 27.8 Å². The van der Waals surface area contributed by atoms with E-state index < -0.39 is 0 Å². The minimum atomic E-state index is 0.0624. The molecule has 0 heterocycles. The van der Waals surface area contributed by atoms with Crippen molar-refractivity contribution < 1.29 is 4.74 Å². The van der Waals surface area contributed by atoms with Crippen LogP contribution in [0.3, 0.4) is 0 Å². The maximum Gasteiger partial charge on any atom is 0.186 e. The molecule has 1 aromatic rings. The van der Waals surface area contributed by atoms with Gasteiger partial charge in [0, 0.05) is 10.6 Å². The molecule has 15 heavy (non-hydrogen) atoms. The zero-order valence-electron chi connectivity index (χ0n) is 8.53. The third kappa shape index (κ3) is 3.67. The van der Waals surface area contributed by atoms with Gasteiger partial charge in [0.25, 0.3) is 0 Å². The minimum Gasteiger partial charge on any atom is -0.493 e. The Morgan fingerprint density at radius 1 is 1.47 bits per heavy atom. The van der Waals surface area contributed by atoms with E-state index in [1.165, 1.54) is 0 Å². The van der Waals surface area contributed by atoms with E-state index in [0.717, 1.165) is 11.3 Å². The van der Waals surface area contributed by atoms with Gasteiger partial charge in [0.2, 0.25) is 0 Å². The predicted octanol–water partition coefficient (Wildman–Crippen LogP) is 1.51. The fraction of sp³-hybridized carbons (Fsp3) is 0.300. The van der Waals surface area contributed by atoms with Crippen LogP contribution >= 0.6 is 11.6 Å². The molecule has 4 N–H and O–H groups in total. The second-order valence-electron chi connectivity index (χ2n) is 2.93. The lowest BCUT2D eigenvalue weighted by Gasteiger charge is -2.08. The molecular formula is C10H14ClN3O. The Bertz CT molecular complexity index is 362. The normalized spacial score (nSPS) is 9.73. The Labute approximate surface area is 93.9 Å². The molecule has 0 atom stereocenters. The molecule has 1 aromatic carbocycles. The van der Waals surface area contributed by atoms with Crippen LogP contribution in [0.25, 0.3) is 0 Å². The number of hydrogen-bond donors (Lipinski definition) is 2. The Kier molecular flexibility index (Phi) is 4.24. The van der Waals surface area contributed by atoms with Gasteiger partial charge in [0.15, 0.2) is 5.96 Å². The van der Waals surface area contributed by atoms with E-state index in [1.54, 1.807) is 12.1 Å². The average molecular weight is 228 g/mol. The molecule has 0 saturated heterocycles. The highest BCUT2D eigenvalue weighted by Gasteiger charge is 2.03. The van der Waals surface area contributed by atoms with E-state index in [2.05, 4.69) is 4.99 Å². The Balaban J connectivity index is 2.90. The summed E-state index contributed by atoms with van der Waals surface area (Å²) in [7, 11) is 0. The van der Waals surface area contributed by atoms with Crippen LogP contribution in [0.4, 0.5) is 0 Å². The zero-order chi connectivity index (χ0) is 11.3. The molecule has 0 saturated carbocycles. The van der Waals surface area contributed by atoms with E-state index in [9.17, 15) is 0 Å². The van der Waals surface area contributed by atoms with Gasteiger partial charge < -0.3 is 16.2 Å². The quantitative estimate of drug-likeness (QED) is 0.605. The molecule has 0 aliphatic rings. The van der Waals surface area contributed by atoms with Crippen molar-refractivity contribution >= 4 is 17.6 Å². The van der Waals surface area contributed by atoms with Crippen molar-refractivity contribution in [3.8, 4) is 5.75 Å². The summed E-state index contributed by atoms with van der Waals surface area (Å²) in [5.74, 6) is 0.780. The molecule has 0 aliphatic carbocycles. The van der Waals surface area contributed by atoms with Crippen LogP contribution in [0, 0.1) is 0 Å². The number of benzene rings is 1.